The number of likely N-dealkylation sites (N-methyl/N-ethyl adjacent to an activating group) is 1. The van der Waals surface area contributed by atoms with Crippen molar-refractivity contribution in [3.63, 3.8) is 0 Å². The number of aromatic nitrogens is 1. The summed E-state index contributed by atoms with van der Waals surface area (Å²) >= 11 is 0. The van der Waals surface area contributed by atoms with Gasteiger partial charge in [0.25, 0.3) is 0 Å². The highest BCUT2D eigenvalue weighted by Crippen LogP contribution is 2.19. The molecule has 0 aliphatic rings. The summed E-state index contributed by atoms with van der Waals surface area (Å²) in [6.07, 6.45) is 3.74. The van der Waals surface area contributed by atoms with E-state index < -0.39 is 0 Å². The van der Waals surface area contributed by atoms with Gasteiger partial charge in [0.05, 0.1) is 24.9 Å². The molecule has 1 atom stereocenters. The van der Waals surface area contributed by atoms with Crippen LogP contribution in [0, 0.1) is 0 Å². The summed E-state index contributed by atoms with van der Waals surface area (Å²) in [5.74, 6) is 0.802. The van der Waals surface area contributed by atoms with Gasteiger partial charge >= 0.3 is 0 Å². The molecule has 0 spiro atoms. The van der Waals surface area contributed by atoms with Gasteiger partial charge in [-0.05, 0) is 32.0 Å². The number of nitrogens with one attached hydrogen (secondary N) is 1. The highest BCUT2D eigenvalue weighted by atomic mass is 16.5. The Hall–Kier alpha value is -1.13. The number of nitrogens with zero attached hydrogens (tertiary/aromatic N) is 1. The first-order chi connectivity index (χ1) is 8.17. The maximum Gasteiger partial charge on any atom is 0.138 e. The van der Waals surface area contributed by atoms with Crippen LogP contribution in [0.15, 0.2) is 18.5 Å². The van der Waals surface area contributed by atoms with Crippen molar-refractivity contribution in [2.45, 2.75) is 32.9 Å². The molecular weight excluding hydrogens is 216 g/mol. The lowest BCUT2D eigenvalue weighted by Crippen LogP contribution is -2.25. The zero-order valence-electron chi connectivity index (χ0n) is 11.1. The number of ether oxygens (including phenoxy) is 2. The summed E-state index contributed by atoms with van der Waals surface area (Å²) in [5.41, 5.74) is 1.09. The maximum atomic E-state index is 5.63. The van der Waals surface area contributed by atoms with Crippen LogP contribution < -0.4 is 10.1 Å². The molecule has 1 aromatic rings. The van der Waals surface area contributed by atoms with Crippen molar-refractivity contribution >= 4 is 0 Å². The van der Waals surface area contributed by atoms with Crippen molar-refractivity contribution in [2.24, 2.45) is 0 Å². The molecule has 4 nitrogen and oxygen atoms in total. The van der Waals surface area contributed by atoms with Crippen LogP contribution in [0.25, 0.3) is 0 Å². The lowest BCUT2D eigenvalue weighted by atomic mass is 10.1. The normalized spacial score (nSPS) is 12.8. The highest BCUT2D eigenvalue weighted by Gasteiger charge is 2.11. The molecule has 0 aromatic carbocycles. The molecule has 0 saturated carbocycles. The minimum Gasteiger partial charge on any atom is -0.489 e. The van der Waals surface area contributed by atoms with E-state index in [9.17, 15) is 0 Å². The first-order valence-electron chi connectivity index (χ1n) is 6.01. The lowest BCUT2D eigenvalue weighted by molar-refractivity contribution is 0.167. The smallest absolute Gasteiger partial charge is 0.138 e. The summed E-state index contributed by atoms with van der Waals surface area (Å²) in [5, 5.41) is 3.36. The summed E-state index contributed by atoms with van der Waals surface area (Å²) in [4.78, 5) is 4.20. The van der Waals surface area contributed by atoms with Gasteiger partial charge < -0.3 is 14.8 Å². The first-order valence-corrected chi connectivity index (χ1v) is 6.01. The van der Waals surface area contributed by atoms with E-state index in [1.54, 1.807) is 13.3 Å². The molecule has 1 N–H and O–H groups in total. The molecule has 0 radical (unpaired) electrons. The predicted molar refractivity (Wildman–Crippen MR) is 68.3 cm³/mol. The van der Waals surface area contributed by atoms with Gasteiger partial charge in [-0.1, -0.05) is 6.92 Å². The number of methoxy groups -OCH3 is 1. The second-order valence-electron chi connectivity index (χ2n) is 4.19. The van der Waals surface area contributed by atoms with Crippen LogP contribution >= 0.6 is 0 Å². The number of pyridine rings is 1. The minimum absolute atomic E-state index is 0.159. The average Bonchev–Trinajstić information content (AvgIpc) is 2.28. The second kappa shape index (κ2) is 7.25. The molecule has 17 heavy (non-hydrogen) atoms. The van der Waals surface area contributed by atoms with E-state index in [1.807, 2.05) is 26.1 Å². The summed E-state index contributed by atoms with van der Waals surface area (Å²) in [7, 11) is 1.70. The van der Waals surface area contributed by atoms with E-state index in [0.717, 1.165) is 17.9 Å². The summed E-state index contributed by atoms with van der Waals surface area (Å²) < 4.78 is 10.8. The van der Waals surface area contributed by atoms with Crippen LogP contribution in [0.3, 0.4) is 0 Å². The van der Waals surface area contributed by atoms with E-state index in [1.165, 1.54) is 0 Å². The van der Waals surface area contributed by atoms with Gasteiger partial charge in [-0.25, -0.2) is 0 Å². The Morgan fingerprint density at radius 1 is 1.35 bits per heavy atom. The zero-order valence-corrected chi connectivity index (χ0v) is 11.1. The Morgan fingerprint density at radius 2 is 2.12 bits per heavy atom. The summed E-state index contributed by atoms with van der Waals surface area (Å²) in [6.45, 7) is 7.60. The molecule has 0 saturated heterocycles. The molecule has 0 aliphatic carbocycles. The fraction of sp³-hybridized carbons (Fsp3) is 0.615. The van der Waals surface area contributed by atoms with Crippen molar-refractivity contribution in [3.05, 3.63) is 24.0 Å². The van der Waals surface area contributed by atoms with Gasteiger partial charge in [0.15, 0.2) is 0 Å². The molecule has 0 bridgehead atoms. The minimum atomic E-state index is 0.159. The topological polar surface area (TPSA) is 43.4 Å². The standard InChI is InChI=1S/C13H22N2O2/c1-5-15-13(9-16-4)11-6-12(8-14-7-11)17-10(2)3/h6-8,10,13,15H,5,9H2,1-4H3. The fourth-order valence-electron chi connectivity index (χ4n) is 1.65. The van der Waals surface area contributed by atoms with Crippen LogP contribution in [-0.4, -0.2) is 31.3 Å². The van der Waals surface area contributed by atoms with Gasteiger partial charge in [-0.2, -0.15) is 0 Å². The van der Waals surface area contributed by atoms with Crippen LogP contribution in [-0.2, 0) is 4.74 Å². The van der Waals surface area contributed by atoms with Crippen molar-refractivity contribution in [2.75, 3.05) is 20.3 Å². The van der Waals surface area contributed by atoms with Crippen LogP contribution in [0.4, 0.5) is 0 Å². The van der Waals surface area contributed by atoms with Gasteiger partial charge in [0.1, 0.15) is 5.75 Å². The van der Waals surface area contributed by atoms with Crippen molar-refractivity contribution in [1.29, 1.82) is 0 Å². The van der Waals surface area contributed by atoms with Crippen LogP contribution in [0.1, 0.15) is 32.4 Å². The quantitative estimate of drug-likeness (QED) is 0.790. The third kappa shape index (κ3) is 4.71. The van der Waals surface area contributed by atoms with E-state index in [2.05, 4.69) is 17.2 Å². The molecular formula is C13H22N2O2. The first kappa shape index (κ1) is 13.9. The van der Waals surface area contributed by atoms with E-state index in [-0.39, 0.29) is 12.1 Å². The van der Waals surface area contributed by atoms with E-state index in [4.69, 9.17) is 9.47 Å². The lowest BCUT2D eigenvalue weighted by Gasteiger charge is -2.18. The molecule has 0 amide bonds. The maximum absolute atomic E-state index is 5.63. The van der Waals surface area contributed by atoms with Crippen LogP contribution in [0.2, 0.25) is 0 Å². The molecule has 1 unspecified atom stereocenters. The molecule has 0 aliphatic heterocycles. The van der Waals surface area contributed by atoms with Gasteiger partial charge in [-0.3, -0.25) is 4.98 Å². The van der Waals surface area contributed by atoms with Crippen molar-refractivity contribution < 1.29 is 9.47 Å². The SMILES string of the molecule is CCNC(COC)c1cncc(OC(C)C)c1. The number of hydrogen-bond acceptors (Lipinski definition) is 4. The Labute approximate surface area is 103 Å². The largest absolute Gasteiger partial charge is 0.489 e. The Kier molecular flexibility index (Phi) is 5.94. The van der Waals surface area contributed by atoms with Crippen molar-refractivity contribution in [1.82, 2.24) is 10.3 Å². The molecule has 1 rings (SSSR count). The van der Waals surface area contributed by atoms with Crippen molar-refractivity contribution in [3.8, 4) is 5.75 Å². The third-order valence-corrected chi connectivity index (χ3v) is 2.29. The Morgan fingerprint density at radius 3 is 2.71 bits per heavy atom. The van der Waals surface area contributed by atoms with E-state index >= 15 is 0 Å². The van der Waals surface area contributed by atoms with Gasteiger partial charge in [0, 0.05) is 13.3 Å². The Bertz CT molecular complexity index is 323. The predicted octanol–water partition coefficient (Wildman–Crippen LogP) is 2.17. The van der Waals surface area contributed by atoms with Gasteiger partial charge in [-0.15, -0.1) is 0 Å². The third-order valence-electron chi connectivity index (χ3n) is 2.29. The highest BCUT2D eigenvalue weighted by molar-refractivity contribution is 5.26. The number of rotatable bonds is 7. The van der Waals surface area contributed by atoms with Gasteiger partial charge in [0.2, 0.25) is 0 Å². The molecule has 96 valence electrons. The van der Waals surface area contributed by atoms with E-state index in [0.29, 0.717) is 6.61 Å². The average molecular weight is 238 g/mol. The molecule has 1 heterocycles. The number of hydrogen-bond donors (Lipinski definition) is 1. The fourth-order valence-corrected chi connectivity index (χ4v) is 1.65. The zero-order chi connectivity index (χ0) is 12.7. The molecule has 4 heteroatoms. The molecule has 1 aromatic heterocycles. The Balaban J connectivity index is 2.79. The van der Waals surface area contributed by atoms with Crippen LogP contribution in [0.5, 0.6) is 5.75 Å². The molecule has 0 fully saturated rings. The monoisotopic (exact) mass is 238 g/mol. The summed E-state index contributed by atoms with van der Waals surface area (Å²) in [6, 6.07) is 2.17. The second-order valence-corrected chi connectivity index (χ2v) is 4.19.